The SMILES string of the molecule is Cc1cc2ccccc2nc1-c1ccc(OCc2nn(C)cc2-c2ccc(=O)n(C)c2)cc1. The molecule has 0 aliphatic heterocycles. The lowest BCUT2D eigenvalue weighted by Crippen LogP contribution is -2.14. The van der Waals surface area contributed by atoms with E-state index in [0.29, 0.717) is 6.61 Å². The Balaban J connectivity index is 1.37. The number of hydrogen-bond donors (Lipinski definition) is 0. The fourth-order valence-electron chi connectivity index (χ4n) is 4.01. The monoisotopic (exact) mass is 436 g/mol. The van der Waals surface area contributed by atoms with Gasteiger partial charge >= 0.3 is 0 Å². The van der Waals surface area contributed by atoms with Crippen molar-refractivity contribution < 1.29 is 4.74 Å². The summed E-state index contributed by atoms with van der Waals surface area (Å²) in [7, 11) is 3.62. The summed E-state index contributed by atoms with van der Waals surface area (Å²) in [6.07, 6.45) is 3.76. The minimum atomic E-state index is -0.0447. The first-order valence-electron chi connectivity index (χ1n) is 10.8. The lowest BCUT2D eigenvalue weighted by molar-refractivity contribution is 0.300. The van der Waals surface area contributed by atoms with Crippen LogP contribution in [0.15, 0.2) is 83.9 Å². The van der Waals surface area contributed by atoms with Gasteiger partial charge in [0.2, 0.25) is 5.56 Å². The first kappa shape index (κ1) is 20.7. The maximum atomic E-state index is 11.7. The maximum Gasteiger partial charge on any atom is 0.250 e. The highest BCUT2D eigenvalue weighted by molar-refractivity contribution is 5.83. The Morgan fingerprint density at radius 3 is 2.45 bits per heavy atom. The molecule has 0 saturated heterocycles. The zero-order valence-electron chi connectivity index (χ0n) is 18.8. The largest absolute Gasteiger partial charge is 0.487 e. The molecule has 6 nitrogen and oxygen atoms in total. The Labute approximate surface area is 191 Å². The summed E-state index contributed by atoms with van der Waals surface area (Å²) in [5.74, 6) is 0.759. The number of aryl methyl sites for hydroxylation is 3. The molecule has 0 fully saturated rings. The van der Waals surface area contributed by atoms with Crippen molar-refractivity contribution in [3.8, 4) is 28.1 Å². The normalized spacial score (nSPS) is 11.1. The molecule has 0 unspecified atom stereocenters. The highest BCUT2D eigenvalue weighted by atomic mass is 16.5. The third kappa shape index (κ3) is 4.15. The molecule has 0 atom stereocenters. The molecule has 3 aromatic heterocycles. The summed E-state index contributed by atoms with van der Waals surface area (Å²) >= 11 is 0. The molecule has 3 heterocycles. The van der Waals surface area contributed by atoms with E-state index in [9.17, 15) is 4.79 Å². The second-order valence-electron chi connectivity index (χ2n) is 8.19. The zero-order valence-corrected chi connectivity index (χ0v) is 18.8. The van der Waals surface area contributed by atoms with Crippen LogP contribution >= 0.6 is 0 Å². The van der Waals surface area contributed by atoms with Gasteiger partial charge in [0.25, 0.3) is 0 Å². The Kier molecular flexibility index (Phi) is 5.26. The van der Waals surface area contributed by atoms with Gasteiger partial charge in [0.05, 0.1) is 11.2 Å². The summed E-state index contributed by atoms with van der Waals surface area (Å²) in [6.45, 7) is 2.41. The van der Waals surface area contributed by atoms with Gasteiger partial charge in [-0.1, -0.05) is 18.2 Å². The number of rotatable bonds is 5. The number of hydrogen-bond acceptors (Lipinski definition) is 4. The predicted octanol–water partition coefficient (Wildman–Crippen LogP) is 4.89. The second kappa shape index (κ2) is 8.39. The van der Waals surface area contributed by atoms with Crippen molar-refractivity contribution in [2.24, 2.45) is 14.1 Å². The molecule has 0 amide bonds. The van der Waals surface area contributed by atoms with Crippen LogP contribution in [0, 0.1) is 6.92 Å². The molecular formula is C27H24N4O2. The second-order valence-corrected chi connectivity index (χ2v) is 8.19. The molecule has 0 bridgehead atoms. The van der Waals surface area contributed by atoms with Crippen molar-refractivity contribution in [3.05, 3.63) is 101 Å². The lowest BCUT2D eigenvalue weighted by atomic mass is 10.0. The van der Waals surface area contributed by atoms with Crippen LogP contribution in [0.25, 0.3) is 33.3 Å². The third-order valence-corrected chi connectivity index (χ3v) is 5.72. The van der Waals surface area contributed by atoms with Crippen LogP contribution in [0.3, 0.4) is 0 Å². The van der Waals surface area contributed by atoms with Gasteiger partial charge in [-0.05, 0) is 55.0 Å². The van der Waals surface area contributed by atoms with Crippen LogP contribution in [-0.2, 0) is 20.7 Å². The predicted molar refractivity (Wildman–Crippen MR) is 130 cm³/mol. The number of fused-ring (bicyclic) bond motifs is 1. The lowest BCUT2D eigenvalue weighted by Gasteiger charge is -2.10. The standard InChI is InChI=1S/C27H24N4O2/c1-18-14-20-6-4-5-7-24(20)28-27(18)19-8-11-22(12-9-19)33-17-25-23(16-31(3)29-25)21-10-13-26(32)30(2)15-21/h4-16H,17H2,1-3H3. The fraction of sp³-hybridized carbons (Fsp3) is 0.148. The van der Waals surface area contributed by atoms with Crippen molar-refractivity contribution in [1.29, 1.82) is 0 Å². The number of nitrogens with zero attached hydrogens (tertiary/aromatic N) is 4. The van der Waals surface area contributed by atoms with Gasteiger partial charge in [0.1, 0.15) is 18.1 Å². The number of ether oxygens (including phenoxy) is 1. The molecule has 0 saturated carbocycles. The Bertz CT molecular complexity index is 1510. The van der Waals surface area contributed by atoms with E-state index < -0.39 is 0 Å². The summed E-state index contributed by atoms with van der Waals surface area (Å²) in [5, 5.41) is 5.70. The van der Waals surface area contributed by atoms with Gasteiger partial charge < -0.3 is 9.30 Å². The molecule has 0 N–H and O–H groups in total. The van der Waals surface area contributed by atoms with Crippen molar-refractivity contribution in [2.75, 3.05) is 0 Å². The molecular weight excluding hydrogens is 412 g/mol. The topological polar surface area (TPSA) is 61.9 Å². The molecule has 5 aromatic rings. The number of pyridine rings is 2. The van der Waals surface area contributed by atoms with Gasteiger partial charge in [-0.3, -0.25) is 9.48 Å². The third-order valence-electron chi connectivity index (χ3n) is 5.72. The van der Waals surface area contributed by atoms with E-state index in [-0.39, 0.29) is 5.56 Å². The Morgan fingerprint density at radius 1 is 0.909 bits per heavy atom. The number of benzene rings is 2. The van der Waals surface area contributed by atoms with E-state index >= 15 is 0 Å². The van der Waals surface area contributed by atoms with Crippen molar-refractivity contribution in [1.82, 2.24) is 19.3 Å². The summed E-state index contributed by atoms with van der Waals surface area (Å²) in [5.41, 5.74) is 6.79. The molecule has 2 aromatic carbocycles. The smallest absolute Gasteiger partial charge is 0.250 e. The van der Waals surface area contributed by atoms with Crippen molar-refractivity contribution >= 4 is 10.9 Å². The summed E-state index contributed by atoms with van der Waals surface area (Å²) in [6, 6.07) is 21.7. The Morgan fingerprint density at radius 2 is 1.67 bits per heavy atom. The highest BCUT2D eigenvalue weighted by Crippen LogP contribution is 2.28. The zero-order chi connectivity index (χ0) is 22.9. The fourth-order valence-corrected chi connectivity index (χ4v) is 4.01. The Hall–Kier alpha value is -4.19. The minimum Gasteiger partial charge on any atom is -0.487 e. The van der Waals surface area contributed by atoms with Crippen LogP contribution in [-0.4, -0.2) is 19.3 Å². The summed E-state index contributed by atoms with van der Waals surface area (Å²) < 4.78 is 9.37. The first-order valence-corrected chi connectivity index (χ1v) is 10.8. The van der Waals surface area contributed by atoms with Gasteiger partial charge in [0.15, 0.2) is 0 Å². The van der Waals surface area contributed by atoms with Crippen molar-refractivity contribution in [2.45, 2.75) is 13.5 Å². The summed E-state index contributed by atoms with van der Waals surface area (Å²) in [4.78, 5) is 16.6. The molecule has 33 heavy (non-hydrogen) atoms. The number of aromatic nitrogens is 4. The number of para-hydroxylation sites is 1. The van der Waals surface area contributed by atoms with Crippen LogP contribution in [0.4, 0.5) is 0 Å². The maximum absolute atomic E-state index is 11.7. The molecule has 5 rings (SSSR count). The molecule has 6 heteroatoms. The highest BCUT2D eigenvalue weighted by Gasteiger charge is 2.12. The molecule has 0 aliphatic rings. The van der Waals surface area contributed by atoms with Gasteiger partial charge in [-0.15, -0.1) is 0 Å². The van der Waals surface area contributed by atoms with E-state index in [2.05, 4.69) is 24.2 Å². The first-order chi connectivity index (χ1) is 16.0. The van der Waals surface area contributed by atoms with Gasteiger partial charge in [-0.2, -0.15) is 5.10 Å². The van der Waals surface area contributed by atoms with Crippen LogP contribution < -0.4 is 10.3 Å². The molecule has 164 valence electrons. The quantitative estimate of drug-likeness (QED) is 0.394. The van der Waals surface area contributed by atoms with Crippen LogP contribution in [0.5, 0.6) is 5.75 Å². The van der Waals surface area contributed by atoms with E-state index in [0.717, 1.165) is 50.3 Å². The average molecular weight is 437 g/mol. The van der Waals surface area contributed by atoms with E-state index in [1.54, 1.807) is 22.4 Å². The van der Waals surface area contributed by atoms with Crippen LogP contribution in [0.1, 0.15) is 11.3 Å². The average Bonchev–Trinajstić information content (AvgIpc) is 3.20. The van der Waals surface area contributed by atoms with E-state index in [4.69, 9.17) is 9.72 Å². The van der Waals surface area contributed by atoms with Crippen molar-refractivity contribution in [3.63, 3.8) is 0 Å². The molecule has 0 spiro atoms. The minimum absolute atomic E-state index is 0.0447. The van der Waals surface area contributed by atoms with E-state index in [1.807, 2.05) is 68.0 Å². The van der Waals surface area contributed by atoms with E-state index in [1.165, 1.54) is 0 Å². The molecule has 0 aliphatic carbocycles. The van der Waals surface area contributed by atoms with Crippen LogP contribution in [0.2, 0.25) is 0 Å². The van der Waals surface area contributed by atoms with Gasteiger partial charge in [0, 0.05) is 54.6 Å². The van der Waals surface area contributed by atoms with Gasteiger partial charge in [-0.25, -0.2) is 4.98 Å². The molecule has 0 radical (unpaired) electrons.